The molecule has 0 bridgehead atoms. The Morgan fingerprint density at radius 2 is 1.96 bits per heavy atom. The zero-order chi connectivity index (χ0) is 18.7. The van der Waals surface area contributed by atoms with Gasteiger partial charge in [0.15, 0.2) is 5.96 Å². The van der Waals surface area contributed by atoms with Crippen LogP contribution in [0.4, 0.5) is 0 Å². The van der Waals surface area contributed by atoms with Crippen LogP contribution in [0.3, 0.4) is 0 Å². The van der Waals surface area contributed by atoms with E-state index in [0.717, 1.165) is 37.0 Å². The van der Waals surface area contributed by atoms with E-state index in [4.69, 9.17) is 4.74 Å². The molecule has 0 amide bonds. The van der Waals surface area contributed by atoms with E-state index >= 15 is 0 Å². The van der Waals surface area contributed by atoms with E-state index in [2.05, 4.69) is 15.6 Å². The Bertz CT molecular complexity index is 572. The van der Waals surface area contributed by atoms with Gasteiger partial charge in [-0.25, -0.2) is 0 Å². The van der Waals surface area contributed by atoms with E-state index in [0.29, 0.717) is 17.7 Å². The molecule has 2 rings (SSSR count). The van der Waals surface area contributed by atoms with Crippen LogP contribution in [-0.4, -0.2) is 49.3 Å². The van der Waals surface area contributed by atoms with Crippen molar-refractivity contribution >= 4 is 16.8 Å². The van der Waals surface area contributed by atoms with Crippen molar-refractivity contribution in [3.05, 3.63) is 30.3 Å². The average Bonchev–Trinajstić information content (AvgIpc) is 3.14. The molecule has 1 aliphatic carbocycles. The first-order chi connectivity index (χ1) is 12.7. The second-order valence-corrected chi connectivity index (χ2v) is 8.44. The topological polar surface area (TPSA) is 62.7 Å². The fraction of sp³-hybridized carbons (Fsp3) is 0.650. The van der Waals surface area contributed by atoms with Crippen molar-refractivity contribution in [1.82, 2.24) is 10.6 Å². The summed E-state index contributed by atoms with van der Waals surface area (Å²) in [4.78, 5) is 5.18. The van der Waals surface area contributed by atoms with Gasteiger partial charge < -0.3 is 15.4 Å². The Morgan fingerprint density at radius 1 is 1.23 bits per heavy atom. The van der Waals surface area contributed by atoms with Crippen molar-refractivity contribution in [2.75, 3.05) is 39.1 Å². The van der Waals surface area contributed by atoms with Crippen molar-refractivity contribution < 1.29 is 8.95 Å². The van der Waals surface area contributed by atoms with E-state index in [1.54, 1.807) is 7.05 Å². The summed E-state index contributed by atoms with van der Waals surface area (Å²) in [5.74, 6) is 1.36. The van der Waals surface area contributed by atoms with Gasteiger partial charge in [0.2, 0.25) is 0 Å². The normalized spacial score (nSPS) is 17.8. The molecule has 0 radical (unpaired) electrons. The fourth-order valence-corrected chi connectivity index (χ4v) is 4.50. The van der Waals surface area contributed by atoms with Crippen molar-refractivity contribution in [3.8, 4) is 0 Å². The smallest absolute Gasteiger partial charge is 0.191 e. The molecule has 146 valence electrons. The lowest BCUT2D eigenvalue weighted by atomic mass is 9.83. The van der Waals surface area contributed by atoms with Crippen LogP contribution in [0.15, 0.2) is 40.2 Å². The van der Waals surface area contributed by atoms with Gasteiger partial charge in [-0.05, 0) is 43.7 Å². The standard InChI is InChI=1S/C20H33N3O2S/c1-3-25-15-13-20(11-7-8-12-20)17-23-19(21-2)22-14-16-26(24)18-9-5-4-6-10-18/h4-6,9-10H,3,7-8,11-17H2,1-2H3,(H2,21,22,23). The maximum absolute atomic E-state index is 12.3. The van der Waals surface area contributed by atoms with Gasteiger partial charge in [-0.3, -0.25) is 9.20 Å². The number of rotatable bonds is 10. The van der Waals surface area contributed by atoms with Gasteiger partial charge in [0.05, 0.1) is 10.8 Å². The summed E-state index contributed by atoms with van der Waals surface area (Å²) in [7, 11) is 0.799. The second-order valence-electron chi connectivity index (χ2n) is 6.87. The lowest BCUT2D eigenvalue weighted by Crippen LogP contribution is -2.44. The molecule has 0 saturated heterocycles. The van der Waals surface area contributed by atoms with Gasteiger partial charge in [0.1, 0.15) is 0 Å². The van der Waals surface area contributed by atoms with E-state index in [9.17, 15) is 4.21 Å². The van der Waals surface area contributed by atoms with Gasteiger partial charge in [0.25, 0.3) is 0 Å². The molecule has 6 heteroatoms. The molecule has 5 nitrogen and oxygen atoms in total. The molecular weight excluding hydrogens is 346 g/mol. The molecule has 1 unspecified atom stereocenters. The summed E-state index contributed by atoms with van der Waals surface area (Å²) in [6, 6.07) is 9.60. The molecule has 1 aliphatic rings. The third-order valence-electron chi connectivity index (χ3n) is 5.09. The summed E-state index contributed by atoms with van der Waals surface area (Å²) in [5.41, 5.74) is 0.319. The summed E-state index contributed by atoms with van der Waals surface area (Å²) >= 11 is 0. The van der Waals surface area contributed by atoms with Crippen LogP contribution in [0, 0.1) is 5.41 Å². The fourth-order valence-electron chi connectivity index (χ4n) is 3.52. The molecule has 1 aromatic carbocycles. The lowest BCUT2D eigenvalue weighted by molar-refractivity contribution is 0.105. The molecule has 0 aliphatic heterocycles. The van der Waals surface area contributed by atoms with E-state index in [1.165, 1.54) is 25.7 Å². The monoisotopic (exact) mass is 379 g/mol. The highest BCUT2D eigenvalue weighted by atomic mass is 32.2. The van der Waals surface area contributed by atoms with Crippen molar-refractivity contribution in [3.63, 3.8) is 0 Å². The Labute approximate surface area is 160 Å². The Hall–Kier alpha value is -1.40. The minimum absolute atomic E-state index is 0.319. The van der Waals surface area contributed by atoms with E-state index in [1.807, 2.05) is 37.3 Å². The molecule has 26 heavy (non-hydrogen) atoms. The van der Waals surface area contributed by atoms with Gasteiger partial charge in [-0.15, -0.1) is 0 Å². The third-order valence-corrected chi connectivity index (χ3v) is 6.46. The predicted molar refractivity (Wildman–Crippen MR) is 109 cm³/mol. The molecule has 0 heterocycles. The Balaban J connectivity index is 1.75. The minimum atomic E-state index is -0.983. The highest BCUT2D eigenvalue weighted by molar-refractivity contribution is 7.85. The first-order valence-corrected chi connectivity index (χ1v) is 11.0. The third kappa shape index (κ3) is 6.72. The summed E-state index contributed by atoms with van der Waals surface area (Å²) in [6.45, 7) is 5.21. The van der Waals surface area contributed by atoms with Crippen molar-refractivity contribution in [1.29, 1.82) is 0 Å². The SMILES string of the molecule is CCOCCC1(CNC(=NC)NCCS(=O)c2ccccc2)CCCC1. The molecule has 0 aromatic heterocycles. The Kier molecular flexibility index (Phi) is 9.12. The summed E-state index contributed by atoms with van der Waals surface area (Å²) in [5, 5.41) is 6.77. The molecule has 1 saturated carbocycles. The highest BCUT2D eigenvalue weighted by Gasteiger charge is 2.33. The average molecular weight is 380 g/mol. The lowest BCUT2D eigenvalue weighted by Gasteiger charge is -2.30. The van der Waals surface area contributed by atoms with Crippen molar-refractivity contribution in [2.24, 2.45) is 10.4 Å². The van der Waals surface area contributed by atoms with E-state index in [-0.39, 0.29) is 0 Å². The number of aliphatic imine (C=N–C) groups is 1. The quantitative estimate of drug-likeness (QED) is 0.373. The number of benzene rings is 1. The van der Waals surface area contributed by atoms with Crippen LogP contribution in [-0.2, 0) is 15.5 Å². The van der Waals surface area contributed by atoms with Crippen LogP contribution >= 0.6 is 0 Å². The first-order valence-electron chi connectivity index (χ1n) is 9.65. The molecule has 1 fully saturated rings. The van der Waals surface area contributed by atoms with Gasteiger partial charge in [-0.1, -0.05) is 31.0 Å². The number of hydrogen-bond donors (Lipinski definition) is 2. The molecule has 0 spiro atoms. The zero-order valence-electron chi connectivity index (χ0n) is 16.1. The first kappa shape index (κ1) is 20.9. The predicted octanol–water partition coefficient (Wildman–Crippen LogP) is 2.95. The highest BCUT2D eigenvalue weighted by Crippen LogP contribution is 2.40. The van der Waals surface area contributed by atoms with Crippen LogP contribution in [0.2, 0.25) is 0 Å². The molecular formula is C20H33N3O2S. The number of hydrogen-bond acceptors (Lipinski definition) is 3. The van der Waals surface area contributed by atoms with Crippen LogP contribution in [0.5, 0.6) is 0 Å². The largest absolute Gasteiger partial charge is 0.382 e. The Morgan fingerprint density at radius 3 is 2.62 bits per heavy atom. The van der Waals surface area contributed by atoms with Gasteiger partial charge in [-0.2, -0.15) is 0 Å². The zero-order valence-corrected chi connectivity index (χ0v) is 16.9. The molecule has 1 atom stereocenters. The van der Waals surface area contributed by atoms with Crippen LogP contribution in [0.25, 0.3) is 0 Å². The maximum atomic E-state index is 12.3. The van der Waals surface area contributed by atoms with Crippen LogP contribution in [0.1, 0.15) is 39.0 Å². The molecule has 1 aromatic rings. The summed E-state index contributed by atoms with van der Waals surface area (Å²) < 4.78 is 17.9. The van der Waals surface area contributed by atoms with E-state index < -0.39 is 10.8 Å². The number of guanidine groups is 1. The van der Waals surface area contributed by atoms with Crippen molar-refractivity contribution in [2.45, 2.75) is 43.9 Å². The molecule has 2 N–H and O–H groups in total. The minimum Gasteiger partial charge on any atom is -0.382 e. The summed E-state index contributed by atoms with van der Waals surface area (Å²) in [6.07, 6.45) is 6.21. The number of nitrogens with zero attached hydrogens (tertiary/aromatic N) is 1. The van der Waals surface area contributed by atoms with Crippen LogP contribution < -0.4 is 10.6 Å². The number of ether oxygens (including phenoxy) is 1. The second kappa shape index (κ2) is 11.3. The maximum Gasteiger partial charge on any atom is 0.191 e. The van der Waals surface area contributed by atoms with Gasteiger partial charge >= 0.3 is 0 Å². The van der Waals surface area contributed by atoms with Gasteiger partial charge in [0, 0.05) is 44.0 Å². The number of nitrogens with one attached hydrogen (secondary N) is 2.